The first-order valence-corrected chi connectivity index (χ1v) is 9.99. The lowest BCUT2D eigenvalue weighted by molar-refractivity contribution is -0.163. The van der Waals surface area contributed by atoms with Gasteiger partial charge in [0.2, 0.25) is 0 Å². The van der Waals surface area contributed by atoms with Crippen molar-refractivity contribution in [2.45, 2.75) is 32.0 Å². The Morgan fingerprint density at radius 3 is 2.55 bits per heavy atom. The summed E-state index contributed by atoms with van der Waals surface area (Å²) in [6, 6.07) is 15.8. The minimum atomic E-state index is -1.29. The van der Waals surface area contributed by atoms with Crippen molar-refractivity contribution in [2.24, 2.45) is 5.41 Å². The van der Waals surface area contributed by atoms with Crippen molar-refractivity contribution in [3.8, 4) is 0 Å². The highest BCUT2D eigenvalue weighted by molar-refractivity contribution is 5.76. The van der Waals surface area contributed by atoms with Crippen LogP contribution in [-0.4, -0.2) is 53.4 Å². The number of benzene rings is 2. The van der Waals surface area contributed by atoms with Crippen molar-refractivity contribution < 1.29 is 24.1 Å². The molecule has 1 aliphatic heterocycles. The van der Waals surface area contributed by atoms with Gasteiger partial charge in [-0.25, -0.2) is 4.39 Å². The smallest absolute Gasteiger partial charge is 0.313 e. The number of halogens is 1. The Labute approximate surface area is 170 Å². The van der Waals surface area contributed by atoms with Gasteiger partial charge in [0.1, 0.15) is 11.2 Å². The van der Waals surface area contributed by atoms with E-state index < -0.39 is 17.5 Å². The number of rotatable bonds is 9. The zero-order valence-electron chi connectivity index (χ0n) is 16.5. The Hall–Kier alpha value is -2.28. The maximum atomic E-state index is 13.2. The Kier molecular flexibility index (Phi) is 7.36. The van der Waals surface area contributed by atoms with E-state index in [0.717, 1.165) is 12.0 Å². The first-order chi connectivity index (χ1) is 14.0. The predicted molar refractivity (Wildman–Crippen MR) is 108 cm³/mol. The molecule has 0 unspecified atom stereocenters. The zero-order chi connectivity index (χ0) is 20.7. The highest BCUT2D eigenvalue weighted by atomic mass is 19.1. The largest absolute Gasteiger partial charge is 0.481 e. The lowest BCUT2D eigenvalue weighted by Crippen LogP contribution is -2.57. The van der Waals surface area contributed by atoms with Crippen LogP contribution in [0.25, 0.3) is 0 Å². The highest BCUT2D eigenvalue weighted by Gasteiger charge is 2.49. The van der Waals surface area contributed by atoms with Crippen LogP contribution in [0.15, 0.2) is 54.6 Å². The molecule has 0 saturated carbocycles. The van der Waals surface area contributed by atoms with Gasteiger partial charge >= 0.3 is 5.97 Å². The van der Waals surface area contributed by atoms with Crippen LogP contribution in [-0.2, 0) is 22.6 Å². The fourth-order valence-corrected chi connectivity index (χ4v) is 3.94. The Balaban J connectivity index is 1.54. The van der Waals surface area contributed by atoms with E-state index in [2.05, 4.69) is 4.90 Å². The van der Waals surface area contributed by atoms with Gasteiger partial charge in [0.15, 0.2) is 0 Å². The van der Waals surface area contributed by atoms with Crippen LogP contribution in [0.3, 0.4) is 0 Å². The second-order valence-corrected chi connectivity index (χ2v) is 7.74. The minimum Gasteiger partial charge on any atom is -0.481 e. The van der Waals surface area contributed by atoms with E-state index >= 15 is 0 Å². The number of aliphatic hydroxyl groups excluding tert-OH is 1. The molecule has 1 saturated heterocycles. The summed E-state index contributed by atoms with van der Waals surface area (Å²) in [5.41, 5.74) is 0.541. The SMILES string of the molecule is O=C(O)[C@]1(Cc2ccc(F)cc2)CN(CCCOCc2ccccc2)CC[C@@H]1O. The molecule has 2 aromatic carbocycles. The Morgan fingerprint density at radius 2 is 1.86 bits per heavy atom. The van der Waals surface area contributed by atoms with Crippen molar-refractivity contribution in [1.29, 1.82) is 0 Å². The van der Waals surface area contributed by atoms with Crippen LogP contribution >= 0.6 is 0 Å². The molecule has 0 bridgehead atoms. The van der Waals surface area contributed by atoms with Crippen LogP contribution in [0.2, 0.25) is 0 Å². The van der Waals surface area contributed by atoms with Crippen molar-refractivity contribution in [3.63, 3.8) is 0 Å². The molecule has 0 radical (unpaired) electrons. The predicted octanol–water partition coefficient (Wildman–Crippen LogP) is 3.11. The summed E-state index contributed by atoms with van der Waals surface area (Å²) in [6.07, 6.45) is 0.425. The van der Waals surface area contributed by atoms with Gasteiger partial charge in [-0.15, -0.1) is 0 Å². The number of hydrogen-bond donors (Lipinski definition) is 2. The quantitative estimate of drug-likeness (QED) is 0.632. The molecule has 0 spiro atoms. The molecular weight excluding hydrogens is 373 g/mol. The van der Waals surface area contributed by atoms with Gasteiger partial charge in [-0.1, -0.05) is 42.5 Å². The standard InChI is InChI=1S/C23H28FNO4/c24-20-9-7-18(8-10-20)15-23(22(27)28)17-25(13-11-21(23)26)12-4-14-29-16-19-5-2-1-3-6-19/h1-3,5-10,21,26H,4,11-17H2,(H,27,28)/t21-,23+/m0/s1. The summed E-state index contributed by atoms with van der Waals surface area (Å²) in [4.78, 5) is 14.2. The van der Waals surface area contributed by atoms with Crippen molar-refractivity contribution >= 4 is 5.97 Å². The summed E-state index contributed by atoms with van der Waals surface area (Å²) in [5.74, 6) is -1.38. The third kappa shape index (κ3) is 5.63. The summed E-state index contributed by atoms with van der Waals surface area (Å²) in [7, 11) is 0. The van der Waals surface area contributed by atoms with Crippen LogP contribution < -0.4 is 0 Å². The molecular formula is C23H28FNO4. The Bertz CT molecular complexity index is 783. The third-order valence-electron chi connectivity index (χ3n) is 5.60. The highest BCUT2D eigenvalue weighted by Crippen LogP contribution is 2.35. The number of hydrogen-bond acceptors (Lipinski definition) is 4. The average molecular weight is 401 g/mol. The van der Waals surface area contributed by atoms with Crippen LogP contribution in [0.4, 0.5) is 4.39 Å². The summed E-state index contributed by atoms with van der Waals surface area (Å²) < 4.78 is 18.9. The molecule has 2 atom stereocenters. The number of ether oxygens (including phenoxy) is 1. The van der Waals surface area contributed by atoms with E-state index in [1.54, 1.807) is 12.1 Å². The molecule has 156 valence electrons. The monoisotopic (exact) mass is 401 g/mol. The number of nitrogens with zero attached hydrogens (tertiary/aromatic N) is 1. The minimum absolute atomic E-state index is 0.171. The van der Waals surface area contributed by atoms with E-state index in [1.807, 2.05) is 30.3 Å². The number of carboxylic acids is 1. The number of carboxylic acid groups (broad SMARTS) is 1. The van der Waals surface area contributed by atoms with Crippen molar-refractivity contribution in [2.75, 3.05) is 26.2 Å². The van der Waals surface area contributed by atoms with Gasteiger partial charge in [0, 0.05) is 26.2 Å². The lowest BCUT2D eigenvalue weighted by atomic mass is 9.73. The normalized spacial score (nSPS) is 22.5. The van der Waals surface area contributed by atoms with Crippen LogP contribution in [0.5, 0.6) is 0 Å². The molecule has 0 amide bonds. The van der Waals surface area contributed by atoms with Gasteiger partial charge in [-0.05, 0) is 42.5 Å². The average Bonchev–Trinajstić information content (AvgIpc) is 2.72. The van der Waals surface area contributed by atoms with Gasteiger partial charge in [0.05, 0.1) is 12.7 Å². The fraction of sp³-hybridized carbons (Fsp3) is 0.435. The number of carbonyl (C=O) groups is 1. The molecule has 0 aliphatic carbocycles. The fourth-order valence-electron chi connectivity index (χ4n) is 3.94. The maximum Gasteiger partial charge on any atom is 0.313 e. The molecule has 1 heterocycles. The number of aliphatic hydroxyl groups is 1. The molecule has 2 N–H and O–H groups in total. The number of likely N-dealkylation sites (tertiary alicyclic amines) is 1. The molecule has 1 fully saturated rings. The third-order valence-corrected chi connectivity index (χ3v) is 5.60. The van der Waals surface area contributed by atoms with E-state index in [4.69, 9.17) is 4.74 Å². The number of aliphatic carboxylic acids is 1. The first kappa shape index (κ1) is 21.4. The Morgan fingerprint density at radius 1 is 1.14 bits per heavy atom. The van der Waals surface area contributed by atoms with Gasteiger partial charge in [0.25, 0.3) is 0 Å². The van der Waals surface area contributed by atoms with E-state index in [1.165, 1.54) is 12.1 Å². The molecule has 5 nitrogen and oxygen atoms in total. The topological polar surface area (TPSA) is 70.0 Å². The lowest BCUT2D eigenvalue weighted by Gasteiger charge is -2.43. The molecule has 2 aromatic rings. The van der Waals surface area contributed by atoms with Crippen molar-refractivity contribution in [1.82, 2.24) is 4.90 Å². The second kappa shape index (κ2) is 9.96. The van der Waals surface area contributed by atoms with E-state index in [9.17, 15) is 19.4 Å². The molecule has 29 heavy (non-hydrogen) atoms. The van der Waals surface area contributed by atoms with E-state index in [-0.39, 0.29) is 18.8 Å². The van der Waals surface area contributed by atoms with Crippen LogP contribution in [0.1, 0.15) is 24.0 Å². The van der Waals surface area contributed by atoms with Gasteiger partial charge < -0.3 is 19.8 Å². The van der Waals surface area contributed by atoms with Crippen molar-refractivity contribution in [3.05, 3.63) is 71.5 Å². The van der Waals surface area contributed by atoms with Gasteiger partial charge in [-0.2, -0.15) is 0 Å². The molecule has 6 heteroatoms. The van der Waals surface area contributed by atoms with Gasteiger partial charge in [-0.3, -0.25) is 4.79 Å². The summed E-state index contributed by atoms with van der Waals surface area (Å²) in [5, 5.41) is 20.5. The number of piperidine rings is 1. The zero-order valence-corrected chi connectivity index (χ0v) is 16.5. The molecule has 1 aliphatic rings. The second-order valence-electron chi connectivity index (χ2n) is 7.74. The summed E-state index contributed by atoms with van der Waals surface area (Å²) in [6.45, 7) is 2.77. The van der Waals surface area contributed by atoms with E-state index in [0.29, 0.717) is 38.3 Å². The molecule has 0 aromatic heterocycles. The summed E-state index contributed by atoms with van der Waals surface area (Å²) >= 11 is 0. The first-order valence-electron chi connectivity index (χ1n) is 9.99. The maximum absolute atomic E-state index is 13.2. The molecule has 3 rings (SSSR count). The van der Waals surface area contributed by atoms with Crippen LogP contribution in [0, 0.1) is 11.2 Å².